The van der Waals surface area contributed by atoms with Gasteiger partial charge in [-0.2, -0.15) is 0 Å². The van der Waals surface area contributed by atoms with E-state index in [0.717, 1.165) is 18.4 Å². The number of hydrogen-bond donors (Lipinski definition) is 2. The molecule has 0 aromatic heterocycles. The van der Waals surface area contributed by atoms with E-state index in [1.165, 1.54) is 5.56 Å². The molecule has 3 amide bonds. The Kier molecular flexibility index (Phi) is 6.14. The number of aliphatic hydroxyl groups excluding tert-OH is 1. The van der Waals surface area contributed by atoms with E-state index in [-0.39, 0.29) is 24.6 Å². The summed E-state index contributed by atoms with van der Waals surface area (Å²) in [6.45, 7) is 4.69. The van der Waals surface area contributed by atoms with Gasteiger partial charge in [0.15, 0.2) is 0 Å². The van der Waals surface area contributed by atoms with Gasteiger partial charge in [0.25, 0.3) is 0 Å². The number of benzene rings is 1. The molecule has 2 aliphatic rings. The molecular formula is C20H29N3O3. The maximum Gasteiger partial charge on any atom is 0.317 e. The molecule has 0 bridgehead atoms. The number of aryl methyl sites for hydroxylation is 1. The molecule has 2 fully saturated rings. The minimum Gasteiger partial charge on any atom is -0.396 e. The summed E-state index contributed by atoms with van der Waals surface area (Å²) in [5.74, 6) is 0.529. The number of aliphatic hydroxyl groups is 1. The van der Waals surface area contributed by atoms with Gasteiger partial charge >= 0.3 is 6.03 Å². The smallest absolute Gasteiger partial charge is 0.317 e. The van der Waals surface area contributed by atoms with Crippen molar-refractivity contribution in [1.82, 2.24) is 15.1 Å². The van der Waals surface area contributed by atoms with Gasteiger partial charge in [-0.3, -0.25) is 4.79 Å². The number of hydrogen-bond acceptors (Lipinski definition) is 3. The fraction of sp³-hybridized carbons (Fsp3) is 0.600. The molecule has 3 rings (SSSR count). The first-order valence-electron chi connectivity index (χ1n) is 9.57. The van der Waals surface area contributed by atoms with Gasteiger partial charge in [0.1, 0.15) is 0 Å². The first kappa shape index (κ1) is 18.7. The molecule has 1 aromatic carbocycles. The molecule has 1 aromatic rings. The van der Waals surface area contributed by atoms with Gasteiger partial charge in [0, 0.05) is 45.2 Å². The van der Waals surface area contributed by atoms with Crippen LogP contribution < -0.4 is 5.32 Å². The number of carbonyl (C=O) groups is 2. The highest BCUT2D eigenvalue weighted by Crippen LogP contribution is 2.31. The first-order valence-corrected chi connectivity index (χ1v) is 9.57. The van der Waals surface area contributed by atoms with E-state index in [9.17, 15) is 9.59 Å². The second-order valence-corrected chi connectivity index (χ2v) is 7.35. The van der Waals surface area contributed by atoms with E-state index in [1.54, 1.807) is 0 Å². The Balaban J connectivity index is 1.55. The molecule has 2 atom stereocenters. The van der Waals surface area contributed by atoms with E-state index in [4.69, 9.17) is 5.11 Å². The zero-order valence-electron chi connectivity index (χ0n) is 15.5. The topological polar surface area (TPSA) is 72.9 Å². The predicted molar refractivity (Wildman–Crippen MR) is 99.5 cm³/mol. The number of amides is 3. The standard InChI is InChI=1S/C20H29N3O3/c1-15-5-2-3-6-16(15)13-21-20(26)22-11-9-18-17(14-22)7-8-19(25)23(18)10-4-12-24/h2-3,5-6,17-18,24H,4,7-14H2,1H3,(H,21,26)/t17-,18+/m1/s1. The van der Waals surface area contributed by atoms with E-state index in [2.05, 4.69) is 5.32 Å². The molecule has 0 saturated carbocycles. The van der Waals surface area contributed by atoms with Crippen LogP contribution in [0.3, 0.4) is 0 Å². The first-order chi connectivity index (χ1) is 12.6. The molecule has 6 nitrogen and oxygen atoms in total. The summed E-state index contributed by atoms with van der Waals surface area (Å²) in [6, 6.07) is 8.26. The number of nitrogens with zero attached hydrogens (tertiary/aromatic N) is 2. The van der Waals surface area contributed by atoms with Crippen molar-refractivity contribution in [3.8, 4) is 0 Å². The van der Waals surface area contributed by atoms with Crippen LogP contribution in [-0.2, 0) is 11.3 Å². The van der Waals surface area contributed by atoms with Crippen LogP contribution in [0.1, 0.15) is 36.8 Å². The lowest BCUT2D eigenvalue weighted by atomic mass is 9.83. The molecule has 2 saturated heterocycles. The van der Waals surface area contributed by atoms with Gasteiger partial charge in [-0.1, -0.05) is 24.3 Å². The summed E-state index contributed by atoms with van der Waals surface area (Å²) in [6.07, 6.45) is 2.83. The molecule has 26 heavy (non-hydrogen) atoms. The van der Waals surface area contributed by atoms with Gasteiger partial charge < -0.3 is 20.2 Å². The average molecular weight is 359 g/mol. The molecule has 142 valence electrons. The van der Waals surface area contributed by atoms with Crippen LogP contribution >= 0.6 is 0 Å². The van der Waals surface area contributed by atoms with Gasteiger partial charge in [-0.05, 0) is 43.2 Å². The Bertz CT molecular complexity index is 649. The maximum absolute atomic E-state index is 12.6. The van der Waals surface area contributed by atoms with Gasteiger partial charge in [-0.15, -0.1) is 0 Å². The Morgan fingerprint density at radius 1 is 1.31 bits per heavy atom. The van der Waals surface area contributed by atoms with Crippen molar-refractivity contribution in [3.63, 3.8) is 0 Å². The third-order valence-corrected chi connectivity index (χ3v) is 5.68. The summed E-state index contributed by atoms with van der Waals surface area (Å²) in [5, 5.41) is 12.1. The van der Waals surface area contributed by atoms with E-state index in [0.29, 0.717) is 44.9 Å². The number of rotatable bonds is 5. The molecule has 0 radical (unpaired) electrons. The molecule has 0 aliphatic carbocycles. The minimum atomic E-state index is -0.0227. The Labute approximate surface area is 155 Å². The van der Waals surface area contributed by atoms with Crippen molar-refractivity contribution in [3.05, 3.63) is 35.4 Å². The molecule has 2 aliphatic heterocycles. The van der Waals surface area contributed by atoms with Crippen LogP contribution in [-0.4, -0.2) is 59.1 Å². The van der Waals surface area contributed by atoms with Crippen LogP contribution in [0, 0.1) is 12.8 Å². The molecular weight excluding hydrogens is 330 g/mol. The molecule has 0 spiro atoms. The van der Waals surface area contributed by atoms with Crippen molar-refractivity contribution < 1.29 is 14.7 Å². The second kappa shape index (κ2) is 8.54. The second-order valence-electron chi connectivity index (χ2n) is 7.35. The number of piperidine rings is 2. The SMILES string of the molecule is Cc1ccccc1CNC(=O)N1CC[C@H]2[C@H](CCC(=O)N2CCCO)C1. The fourth-order valence-corrected chi connectivity index (χ4v) is 4.16. The largest absolute Gasteiger partial charge is 0.396 e. The van der Waals surface area contributed by atoms with Gasteiger partial charge in [0.05, 0.1) is 0 Å². The number of carbonyl (C=O) groups excluding carboxylic acids is 2. The van der Waals surface area contributed by atoms with Gasteiger partial charge in [0.2, 0.25) is 5.91 Å². The van der Waals surface area contributed by atoms with Gasteiger partial charge in [-0.25, -0.2) is 4.79 Å². The van der Waals surface area contributed by atoms with Crippen molar-refractivity contribution in [2.45, 2.75) is 45.2 Å². The summed E-state index contributed by atoms with van der Waals surface area (Å²) in [7, 11) is 0. The highest BCUT2D eigenvalue weighted by molar-refractivity contribution is 5.78. The number of nitrogens with one attached hydrogen (secondary N) is 1. The summed E-state index contributed by atoms with van der Waals surface area (Å²) < 4.78 is 0. The van der Waals surface area contributed by atoms with Crippen molar-refractivity contribution in [2.75, 3.05) is 26.2 Å². The summed E-state index contributed by atoms with van der Waals surface area (Å²) in [4.78, 5) is 28.6. The quantitative estimate of drug-likeness (QED) is 0.843. The van der Waals surface area contributed by atoms with E-state index < -0.39 is 0 Å². The van der Waals surface area contributed by atoms with Crippen molar-refractivity contribution in [2.24, 2.45) is 5.92 Å². The highest BCUT2D eigenvalue weighted by Gasteiger charge is 2.39. The lowest BCUT2D eigenvalue weighted by Crippen LogP contribution is -2.58. The average Bonchev–Trinajstić information content (AvgIpc) is 2.66. The Morgan fingerprint density at radius 3 is 2.88 bits per heavy atom. The zero-order chi connectivity index (χ0) is 18.5. The van der Waals surface area contributed by atoms with Crippen LogP contribution in [0.2, 0.25) is 0 Å². The molecule has 0 unspecified atom stereocenters. The summed E-state index contributed by atoms with van der Waals surface area (Å²) >= 11 is 0. The third-order valence-electron chi connectivity index (χ3n) is 5.68. The molecule has 2 heterocycles. The van der Waals surface area contributed by atoms with Crippen LogP contribution in [0.5, 0.6) is 0 Å². The maximum atomic E-state index is 12.6. The number of fused-ring (bicyclic) bond motifs is 1. The summed E-state index contributed by atoms with van der Waals surface area (Å²) in [5.41, 5.74) is 2.31. The Morgan fingerprint density at radius 2 is 2.12 bits per heavy atom. The molecule has 6 heteroatoms. The molecule has 2 N–H and O–H groups in total. The van der Waals surface area contributed by atoms with E-state index >= 15 is 0 Å². The van der Waals surface area contributed by atoms with Crippen molar-refractivity contribution in [1.29, 1.82) is 0 Å². The van der Waals surface area contributed by atoms with Crippen LogP contribution in [0.15, 0.2) is 24.3 Å². The van der Waals surface area contributed by atoms with Crippen LogP contribution in [0.4, 0.5) is 4.79 Å². The lowest BCUT2D eigenvalue weighted by molar-refractivity contribution is -0.140. The van der Waals surface area contributed by atoms with E-state index in [1.807, 2.05) is 41.0 Å². The highest BCUT2D eigenvalue weighted by atomic mass is 16.3. The lowest BCUT2D eigenvalue weighted by Gasteiger charge is -2.47. The monoisotopic (exact) mass is 359 g/mol. The minimum absolute atomic E-state index is 0.0227. The van der Waals surface area contributed by atoms with Crippen molar-refractivity contribution >= 4 is 11.9 Å². The number of likely N-dealkylation sites (tertiary alicyclic amines) is 2. The predicted octanol–water partition coefficient (Wildman–Crippen LogP) is 1.90. The fourth-order valence-electron chi connectivity index (χ4n) is 4.16. The van der Waals surface area contributed by atoms with Crippen LogP contribution in [0.25, 0.3) is 0 Å². The normalized spacial score (nSPS) is 22.9. The number of urea groups is 1. The Hall–Kier alpha value is -2.08. The zero-order valence-corrected chi connectivity index (χ0v) is 15.5. The third kappa shape index (κ3) is 4.18.